The van der Waals surface area contributed by atoms with Gasteiger partial charge in [0.05, 0.1) is 0 Å². The second-order valence-electron chi connectivity index (χ2n) is 8.78. The van der Waals surface area contributed by atoms with Gasteiger partial charge in [-0.2, -0.15) is 0 Å². The third-order valence-corrected chi connectivity index (χ3v) is 6.10. The van der Waals surface area contributed by atoms with Gasteiger partial charge in [0.25, 0.3) is 0 Å². The van der Waals surface area contributed by atoms with Crippen molar-refractivity contribution in [2.45, 2.75) is 97.3 Å². The number of hydrogen-bond acceptors (Lipinski definition) is 3. The number of phenolic OH excluding ortho intramolecular Hbond substituents is 1. The third kappa shape index (κ3) is 6.81. The van der Waals surface area contributed by atoms with E-state index in [9.17, 15) is 5.11 Å². The van der Waals surface area contributed by atoms with E-state index in [1.807, 2.05) is 24.3 Å². The molecule has 0 amide bonds. The Morgan fingerprint density at radius 3 is 1.90 bits per heavy atom. The third-order valence-electron chi connectivity index (χ3n) is 6.10. The first-order valence-corrected chi connectivity index (χ1v) is 12.4. The van der Waals surface area contributed by atoms with E-state index < -0.39 is 0 Å². The lowest BCUT2D eigenvalue weighted by Gasteiger charge is -2.13. The van der Waals surface area contributed by atoms with Crippen molar-refractivity contribution in [3.8, 4) is 11.4 Å². The predicted molar refractivity (Wildman–Crippen MR) is 130 cm³/mol. The van der Waals surface area contributed by atoms with Crippen molar-refractivity contribution < 1.29 is 5.11 Å². The molecule has 0 bridgehead atoms. The van der Waals surface area contributed by atoms with Gasteiger partial charge in [-0.05, 0) is 55.0 Å². The standard InChI is InChI=1S/C27H39N3O/c1-3-5-7-8-9-10-11-12-13-17-23-20-22(16-6-4-2)21-26(27(23)31)30-28-24-18-14-15-19-25(24)29-30/h14-15,18-21,31H,3-13,16-17H2,1-2H3. The molecule has 3 rings (SSSR count). The molecule has 0 saturated heterocycles. The number of rotatable bonds is 14. The second-order valence-corrected chi connectivity index (χ2v) is 8.78. The molecule has 31 heavy (non-hydrogen) atoms. The summed E-state index contributed by atoms with van der Waals surface area (Å²) in [4.78, 5) is 1.61. The fourth-order valence-corrected chi connectivity index (χ4v) is 4.20. The molecular formula is C27H39N3O. The lowest BCUT2D eigenvalue weighted by Crippen LogP contribution is -2.03. The highest BCUT2D eigenvalue weighted by Crippen LogP contribution is 2.30. The van der Waals surface area contributed by atoms with Gasteiger partial charge in [-0.15, -0.1) is 15.0 Å². The number of aryl methyl sites for hydroxylation is 2. The molecule has 1 N–H and O–H groups in total. The summed E-state index contributed by atoms with van der Waals surface area (Å²) in [6, 6.07) is 12.1. The van der Waals surface area contributed by atoms with Crippen molar-refractivity contribution in [2.75, 3.05) is 0 Å². The van der Waals surface area contributed by atoms with Gasteiger partial charge < -0.3 is 5.11 Å². The van der Waals surface area contributed by atoms with Crippen LogP contribution in [0.4, 0.5) is 0 Å². The minimum atomic E-state index is 0.333. The summed E-state index contributed by atoms with van der Waals surface area (Å²) in [7, 11) is 0. The fourth-order valence-electron chi connectivity index (χ4n) is 4.20. The van der Waals surface area contributed by atoms with Gasteiger partial charge in [-0.1, -0.05) is 89.8 Å². The van der Waals surface area contributed by atoms with E-state index in [-0.39, 0.29) is 0 Å². The van der Waals surface area contributed by atoms with Crippen molar-refractivity contribution in [3.63, 3.8) is 0 Å². The smallest absolute Gasteiger partial charge is 0.146 e. The Kier molecular flexibility index (Phi) is 9.39. The minimum Gasteiger partial charge on any atom is -0.505 e. The zero-order valence-electron chi connectivity index (χ0n) is 19.4. The highest BCUT2D eigenvalue weighted by molar-refractivity contribution is 5.73. The maximum Gasteiger partial charge on any atom is 0.146 e. The Morgan fingerprint density at radius 2 is 1.29 bits per heavy atom. The van der Waals surface area contributed by atoms with Crippen LogP contribution in [-0.4, -0.2) is 20.1 Å². The highest BCUT2D eigenvalue weighted by Gasteiger charge is 2.14. The van der Waals surface area contributed by atoms with Gasteiger partial charge in [0, 0.05) is 0 Å². The quantitative estimate of drug-likeness (QED) is 0.273. The van der Waals surface area contributed by atoms with Crippen LogP contribution in [0.15, 0.2) is 36.4 Å². The van der Waals surface area contributed by atoms with Crippen LogP contribution in [-0.2, 0) is 12.8 Å². The van der Waals surface area contributed by atoms with Crippen molar-refractivity contribution in [1.29, 1.82) is 0 Å². The molecule has 0 unspecified atom stereocenters. The van der Waals surface area contributed by atoms with Crippen LogP contribution in [0.1, 0.15) is 95.6 Å². The minimum absolute atomic E-state index is 0.333. The van der Waals surface area contributed by atoms with E-state index in [0.29, 0.717) is 11.4 Å². The van der Waals surface area contributed by atoms with E-state index in [4.69, 9.17) is 0 Å². The Morgan fingerprint density at radius 1 is 0.710 bits per heavy atom. The van der Waals surface area contributed by atoms with E-state index in [1.165, 1.54) is 56.9 Å². The number of aromatic hydroxyl groups is 1. The number of aromatic nitrogens is 3. The van der Waals surface area contributed by atoms with E-state index in [2.05, 4.69) is 36.2 Å². The van der Waals surface area contributed by atoms with Crippen LogP contribution in [0, 0.1) is 0 Å². The monoisotopic (exact) mass is 421 g/mol. The Balaban J connectivity index is 1.65. The fraction of sp³-hybridized carbons (Fsp3) is 0.556. The first kappa shape index (κ1) is 23.3. The molecule has 4 nitrogen and oxygen atoms in total. The number of nitrogens with zero attached hydrogens (tertiary/aromatic N) is 3. The molecule has 0 aliphatic rings. The zero-order chi connectivity index (χ0) is 21.9. The largest absolute Gasteiger partial charge is 0.505 e. The molecule has 0 atom stereocenters. The van der Waals surface area contributed by atoms with Crippen LogP contribution >= 0.6 is 0 Å². The first-order chi connectivity index (χ1) is 15.2. The van der Waals surface area contributed by atoms with E-state index >= 15 is 0 Å². The topological polar surface area (TPSA) is 50.9 Å². The van der Waals surface area contributed by atoms with Crippen molar-refractivity contribution in [2.24, 2.45) is 0 Å². The molecule has 4 heteroatoms. The molecule has 0 fully saturated rings. The molecule has 0 spiro atoms. The maximum atomic E-state index is 11.0. The Hall–Kier alpha value is -2.36. The number of hydrogen-bond donors (Lipinski definition) is 1. The molecule has 1 aromatic heterocycles. The molecule has 0 aliphatic carbocycles. The summed E-state index contributed by atoms with van der Waals surface area (Å²) in [6.07, 6.45) is 16.0. The molecule has 0 saturated carbocycles. The van der Waals surface area contributed by atoms with Crippen LogP contribution in [0.25, 0.3) is 16.7 Å². The number of phenols is 1. The number of benzene rings is 2. The predicted octanol–water partition coefficient (Wildman–Crippen LogP) is 7.54. The lowest BCUT2D eigenvalue weighted by atomic mass is 9.98. The molecular weight excluding hydrogens is 382 g/mol. The lowest BCUT2D eigenvalue weighted by molar-refractivity contribution is 0.458. The van der Waals surface area contributed by atoms with Crippen molar-refractivity contribution in [1.82, 2.24) is 15.0 Å². The van der Waals surface area contributed by atoms with Gasteiger partial charge in [0.2, 0.25) is 0 Å². The average Bonchev–Trinajstić information content (AvgIpc) is 3.22. The zero-order valence-corrected chi connectivity index (χ0v) is 19.4. The van der Waals surface area contributed by atoms with Crippen LogP contribution in [0.3, 0.4) is 0 Å². The molecule has 168 valence electrons. The Labute approximate surface area is 187 Å². The molecule has 3 aromatic rings. The molecule has 0 radical (unpaired) electrons. The summed E-state index contributed by atoms with van der Waals surface area (Å²) in [5, 5.41) is 20.2. The van der Waals surface area contributed by atoms with Crippen molar-refractivity contribution in [3.05, 3.63) is 47.5 Å². The Bertz CT molecular complexity index is 898. The summed E-state index contributed by atoms with van der Waals surface area (Å²) < 4.78 is 0. The van der Waals surface area contributed by atoms with Crippen LogP contribution in [0.5, 0.6) is 5.75 Å². The summed E-state index contributed by atoms with van der Waals surface area (Å²) in [5.74, 6) is 0.333. The first-order valence-electron chi connectivity index (χ1n) is 12.4. The van der Waals surface area contributed by atoms with Crippen LogP contribution in [0.2, 0.25) is 0 Å². The number of unbranched alkanes of at least 4 members (excludes halogenated alkanes) is 9. The highest BCUT2D eigenvalue weighted by atomic mass is 16.3. The van der Waals surface area contributed by atoms with Gasteiger partial charge in [-0.3, -0.25) is 0 Å². The van der Waals surface area contributed by atoms with Gasteiger partial charge in [-0.25, -0.2) is 0 Å². The molecule has 0 aliphatic heterocycles. The van der Waals surface area contributed by atoms with Crippen molar-refractivity contribution >= 4 is 11.0 Å². The number of fused-ring (bicyclic) bond motifs is 1. The van der Waals surface area contributed by atoms with E-state index in [0.717, 1.165) is 48.7 Å². The average molecular weight is 422 g/mol. The SMILES string of the molecule is CCCCCCCCCCCc1cc(CCCC)cc(-n2nc3ccccc3n2)c1O. The van der Waals surface area contributed by atoms with E-state index in [1.54, 1.807) is 4.80 Å². The normalized spacial score (nSPS) is 11.4. The second kappa shape index (κ2) is 12.5. The molecule has 1 heterocycles. The van der Waals surface area contributed by atoms with Gasteiger partial charge in [0.15, 0.2) is 0 Å². The van der Waals surface area contributed by atoms with Crippen LogP contribution < -0.4 is 0 Å². The van der Waals surface area contributed by atoms with Gasteiger partial charge in [0.1, 0.15) is 22.5 Å². The molecule has 2 aromatic carbocycles. The van der Waals surface area contributed by atoms with Gasteiger partial charge >= 0.3 is 0 Å². The summed E-state index contributed by atoms with van der Waals surface area (Å²) in [6.45, 7) is 4.48. The summed E-state index contributed by atoms with van der Waals surface area (Å²) in [5.41, 5.74) is 4.70. The summed E-state index contributed by atoms with van der Waals surface area (Å²) >= 11 is 0. The maximum absolute atomic E-state index is 11.0.